The van der Waals surface area contributed by atoms with Gasteiger partial charge >= 0.3 is 0 Å². The highest BCUT2D eigenvalue weighted by Crippen LogP contribution is 2.34. The number of ether oxygens (including phenoxy) is 3. The van der Waals surface area contributed by atoms with Gasteiger partial charge in [0.05, 0.1) is 27.9 Å². The number of allylic oxidation sites excluding steroid dienone is 1. The number of rotatable bonds is 6. The van der Waals surface area contributed by atoms with Crippen LogP contribution < -0.4 is 14.2 Å². The van der Waals surface area contributed by atoms with Crippen LogP contribution in [0.2, 0.25) is 0 Å². The van der Waals surface area contributed by atoms with Crippen molar-refractivity contribution in [3.63, 3.8) is 0 Å². The summed E-state index contributed by atoms with van der Waals surface area (Å²) in [5, 5.41) is 9.00. The van der Waals surface area contributed by atoms with E-state index in [4.69, 9.17) is 19.3 Å². The molecule has 0 aliphatic heterocycles. The molecule has 1 N–H and O–H groups in total. The van der Waals surface area contributed by atoms with Crippen molar-refractivity contribution in [3.05, 3.63) is 29.3 Å². The summed E-state index contributed by atoms with van der Waals surface area (Å²) in [5.74, 6) is 2.12. The van der Waals surface area contributed by atoms with Crippen LogP contribution in [-0.2, 0) is 6.42 Å². The first kappa shape index (κ1) is 14.4. The average molecular weight is 252 g/mol. The predicted octanol–water partition coefficient (Wildman–Crippen LogP) is 2.19. The van der Waals surface area contributed by atoms with Gasteiger partial charge in [0.1, 0.15) is 17.2 Å². The second kappa shape index (κ2) is 6.91. The molecule has 100 valence electrons. The third-order valence-corrected chi connectivity index (χ3v) is 2.72. The summed E-state index contributed by atoms with van der Waals surface area (Å²) in [6.45, 7) is 1.93. The lowest BCUT2D eigenvalue weighted by Crippen LogP contribution is -1.98. The third kappa shape index (κ3) is 3.40. The van der Waals surface area contributed by atoms with Gasteiger partial charge in [-0.05, 0) is 13.3 Å². The molecule has 0 saturated heterocycles. The van der Waals surface area contributed by atoms with Crippen LogP contribution in [0.1, 0.15) is 12.5 Å². The van der Waals surface area contributed by atoms with Gasteiger partial charge in [-0.1, -0.05) is 11.6 Å². The molecule has 4 nitrogen and oxygen atoms in total. The van der Waals surface area contributed by atoms with Gasteiger partial charge in [-0.3, -0.25) is 0 Å². The highest BCUT2D eigenvalue weighted by Gasteiger charge is 2.12. The molecule has 1 aromatic carbocycles. The Kier molecular flexibility index (Phi) is 5.52. The van der Waals surface area contributed by atoms with E-state index in [2.05, 4.69) is 0 Å². The molecule has 0 amide bonds. The lowest BCUT2D eigenvalue weighted by atomic mass is 10.1. The quantitative estimate of drug-likeness (QED) is 0.788. The van der Waals surface area contributed by atoms with Crippen LogP contribution in [0.4, 0.5) is 0 Å². The topological polar surface area (TPSA) is 47.9 Å². The molecule has 0 aliphatic rings. The van der Waals surface area contributed by atoms with Crippen molar-refractivity contribution in [2.75, 3.05) is 27.9 Å². The molecular weight excluding hydrogens is 232 g/mol. The molecule has 0 aliphatic carbocycles. The van der Waals surface area contributed by atoms with Crippen molar-refractivity contribution in [3.8, 4) is 17.2 Å². The Morgan fingerprint density at radius 2 is 1.67 bits per heavy atom. The molecular formula is C14H20O4. The van der Waals surface area contributed by atoms with E-state index in [1.54, 1.807) is 21.3 Å². The normalized spacial score (nSPS) is 11.3. The van der Waals surface area contributed by atoms with Crippen LogP contribution in [-0.4, -0.2) is 33.0 Å². The van der Waals surface area contributed by atoms with E-state index in [9.17, 15) is 0 Å². The molecule has 1 aromatic rings. The number of methoxy groups -OCH3 is 3. The number of aliphatic hydroxyl groups excluding tert-OH is 1. The van der Waals surface area contributed by atoms with E-state index in [0.717, 1.165) is 11.1 Å². The predicted molar refractivity (Wildman–Crippen MR) is 70.6 cm³/mol. The first-order valence-corrected chi connectivity index (χ1v) is 5.71. The number of hydrogen-bond acceptors (Lipinski definition) is 4. The first-order valence-electron chi connectivity index (χ1n) is 5.71. The average Bonchev–Trinajstić information content (AvgIpc) is 2.43. The van der Waals surface area contributed by atoms with E-state index < -0.39 is 0 Å². The minimum absolute atomic E-state index is 0.0563. The van der Waals surface area contributed by atoms with Crippen LogP contribution in [0.25, 0.3) is 0 Å². The van der Waals surface area contributed by atoms with Gasteiger partial charge in [0.15, 0.2) is 0 Å². The van der Waals surface area contributed by atoms with Crippen LogP contribution in [0.15, 0.2) is 23.8 Å². The van der Waals surface area contributed by atoms with Gasteiger partial charge in [0.2, 0.25) is 0 Å². The number of aliphatic hydroxyl groups is 1. The summed E-state index contributed by atoms with van der Waals surface area (Å²) in [6, 6.07) is 3.64. The van der Waals surface area contributed by atoms with Gasteiger partial charge < -0.3 is 19.3 Å². The van der Waals surface area contributed by atoms with E-state index >= 15 is 0 Å². The Bertz CT molecular complexity index is 399. The number of hydrogen-bond donors (Lipinski definition) is 1. The zero-order valence-corrected chi connectivity index (χ0v) is 11.3. The largest absolute Gasteiger partial charge is 0.496 e. The van der Waals surface area contributed by atoms with E-state index in [1.807, 2.05) is 25.1 Å². The fraction of sp³-hybridized carbons (Fsp3) is 0.429. The maximum atomic E-state index is 9.00. The SMILES string of the molecule is COc1cc(OC)c(CC=C(C)CO)c(OC)c1. The van der Waals surface area contributed by atoms with Crippen molar-refractivity contribution >= 4 is 0 Å². The monoisotopic (exact) mass is 252 g/mol. The summed E-state index contributed by atoms with van der Waals surface area (Å²) in [6.07, 6.45) is 2.59. The Morgan fingerprint density at radius 1 is 1.11 bits per heavy atom. The molecule has 18 heavy (non-hydrogen) atoms. The van der Waals surface area contributed by atoms with E-state index in [0.29, 0.717) is 23.7 Å². The zero-order valence-electron chi connectivity index (χ0n) is 11.3. The Hall–Kier alpha value is -1.68. The molecule has 0 saturated carbocycles. The fourth-order valence-corrected chi connectivity index (χ4v) is 1.62. The van der Waals surface area contributed by atoms with Gasteiger partial charge in [0, 0.05) is 17.7 Å². The van der Waals surface area contributed by atoms with Crippen LogP contribution in [0.3, 0.4) is 0 Å². The third-order valence-electron chi connectivity index (χ3n) is 2.72. The molecule has 0 bridgehead atoms. The second-order valence-corrected chi connectivity index (χ2v) is 3.92. The fourth-order valence-electron chi connectivity index (χ4n) is 1.62. The molecule has 0 radical (unpaired) electrons. The standard InChI is InChI=1S/C14H20O4/c1-10(9-15)5-6-12-13(17-3)7-11(16-2)8-14(12)18-4/h5,7-8,15H,6,9H2,1-4H3. The summed E-state index contributed by atoms with van der Waals surface area (Å²) in [7, 11) is 4.82. The molecule has 4 heteroatoms. The smallest absolute Gasteiger partial charge is 0.129 e. The van der Waals surface area contributed by atoms with Crippen molar-refractivity contribution in [2.45, 2.75) is 13.3 Å². The molecule has 1 rings (SSSR count). The summed E-state index contributed by atoms with van der Waals surface area (Å²) in [4.78, 5) is 0. The molecule has 0 fully saturated rings. The van der Waals surface area contributed by atoms with Crippen LogP contribution >= 0.6 is 0 Å². The van der Waals surface area contributed by atoms with Crippen LogP contribution in [0.5, 0.6) is 17.2 Å². The van der Waals surface area contributed by atoms with E-state index in [1.165, 1.54) is 0 Å². The maximum absolute atomic E-state index is 9.00. The van der Waals surface area contributed by atoms with Crippen molar-refractivity contribution < 1.29 is 19.3 Å². The minimum Gasteiger partial charge on any atom is -0.496 e. The second-order valence-electron chi connectivity index (χ2n) is 3.92. The minimum atomic E-state index is 0.0563. The van der Waals surface area contributed by atoms with E-state index in [-0.39, 0.29) is 6.61 Å². The molecule has 0 aromatic heterocycles. The lowest BCUT2D eigenvalue weighted by molar-refractivity contribution is 0.331. The highest BCUT2D eigenvalue weighted by molar-refractivity contribution is 5.51. The van der Waals surface area contributed by atoms with Crippen molar-refractivity contribution in [1.82, 2.24) is 0 Å². The zero-order chi connectivity index (χ0) is 13.5. The molecule has 0 atom stereocenters. The molecule has 0 spiro atoms. The summed E-state index contributed by atoms with van der Waals surface area (Å²) < 4.78 is 15.9. The Morgan fingerprint density at radius 3 is 2.06 bits per heavy atom. The molecule has 0 unspecified atom stereocenters. The first-order chi connectivity index (χ1) is 8.65. The van der Waals surface area contributed by atoms with Crippen molar-refractivity contribution in [2.24, 2.45) is 0 Å². The number of benzene rings is 1. The molecule has 0 heterocycles. The summed E-state index contributed by atoms with van der Waals surface area (Å²) >= 11 is 0. The highest BCUT2D eigenvalue weighted by atomic mass is 16.5. The van der Waals surface area contributed by atoms with Gasteiger partial charge in [-0.15, -0.1) is 0 Å². The maximum Gasteiger partial charge on any atom is 0.129 e. The Labute approximate surface area is 108 Å². The summed E-state index contributed by atoms with van der Waals surface area (Å²) in [5.41, 5.74) is 1.85. The lowest BCUT2D eigenvalue weighted by Gasteiger charge is -2.14. The van der Waals surface area contributed by atoms with Gasteiger partial charge in [-0.25, -0.2) is 0 Å². The van der Waals surface area contributed by atoms with Gasteiger partial charge in [-0.2, -0.15) is 0 Å². The van der Waals surface area contributed by atoms with Gasteiger partial charge in [0.25, 0.3) is 0 Å². The van der Waals surface area contributed by atoms with Crippen molar-refractivity contribution in [1.29, 1.82) is 0 Å². The van der Waals surface area contributed by atoms with Crippen LogP contribution in [0, 0.1) is 0 Å². The Balaban J connectivity index is 3.14.